The predicted octanol–water partition coefficient (Wildman–Crippen LogP) is 3.33. The van der Waals surface area contributed by atoms with Gasteiger partial charge in [0.2, 0.25) is 0 Å². The number of ether oxygens (including phenoxy) is 1. The van der Waals surface area contributed by atoms with E-state index in [0.717, 1.165) is 33.5 Å². The van der Waals surface area contributed by atoms with Crippen molar-refractivity contribution in [3.63, 3.8) is 0 Å². The summed E-state index contributed by atoms with van der Waals surface area (Å²) < 4.78 is 9.20. The molecule has 1 aliphatic heterocycles. The molecule has 1 aliphatic rings. The van der Waals surface area contributed by atoms with Crippen molar-refractivity contribution in [3.8, 4) is 11.4 Å². The molecule has 0 fully saturated rings. The van der Waals surface area contributed by atoms with Crippen LogP contribution in [0.15, 0.2) is 30.7 Å². The molecular weight excluding hydrogens is 392 g/mol. The average molecular weight is 414 g/mol. The van der Waals surface area contributed by atoms with Crippen molar-refractivity contribution in [2.75, 3.05) is 7.11 Å². The van der Waals surface area contributed by atoms with E-state index in [-0.39, 0.29) is 5.91 Å². The van der Waals surface area contributed by atoms with Gasteiger partial charge in [0.1, 0.15) is 17.2 Å². The second kappa shape index (κ2) is 6.80. The predicted molar refractivity (Wildman–Crippen MR) is 118 cm³/mol. The molecule has 8 heteroatoms. The second-order valence-corrected chi connectivity index (χ2v) is 7.74. The highest BCUT2D eigenvalue weighted by atomic mass is 16.5. The van der Waals surface area contributed by atoms with Crippen LogP contribution in [0.4, 0.5) is 0 Å². The second-order valence-electron chi connectivity index (χ2n) is 7.74. The average Bonchev–Trinajstić information content (AvgIpc) is 3.28. The van der Waals surface area contributed by atoms with E-state index >= 15 is 0 Å². The van der Waals surface area contributed by atoms with E-state index in [1.165, 1.54) is 0 Å². The lowest BCUT2D eigenvalue weighted by molar-refractivity contribution is 0.0975. The molecule has 0 bridgehead atoms. The molecule has 0 unspecified atom stereocenters. The van der Waals surface area contributed by atoms with Crippen LogP contribution < -0.4 is 10.1 Å². The molecule has 156 valence electrons. The summed E-state index contributed by atoms with van der Waals surface area (Å²) in [5.41, 5.74) is 6.39. The number of amides is 1. The van der Waals surface area contributed by atoms with Crippen molar-refractivity contribution in [1.82, 2.24) is 29.6 Å². The van der Waals surface area contributed by atoms with Crippen molar-refractivity contribution in [1.29, 1.82) is 0 Å². The molecule has 0 atom stereocenters. The van der Waals surface area contributed by atoms with Gasteiger partial charge in [0.15, 0.2) is 0 Å². The monoisotopic (exact) mass is 414 g/mol. The number of rotatable bonds is 3. The number of hydrogen-bond donors (Lipinski definition) is 1. The van der Waals surface area contributed by atoms with Gasteiger partial charge in [-0.1, -0.05) is 6.07 Å². The SMILES string of the molecule is COc1ccc(C)c(-n2cc3c4c(nc(C)nc42)C=C(c2cnn(C)c2)NC3=O)c1C. The molecule has 3 aromatic heterocycles. The molecular formula is C23H22N6O2. The summed E-state index contributed by atoms with van der Waals surface area (Å²) in [7, 11) is 3.49. The maximum Gasteiger partial charge on any atom is 0.258 e. The van der Waals surface area contributed by atoms with Crippen LogP contribution >= 0.6 is 0 Å². The molecule has 1 aromatic carbocycles. The van der Waals surface area contributed by atoms with Gasteiger partial charge in [-0.25, -0.2) is 9.97 Å². The maximum atomic E-state index is 13.2. The van der Waals surface area contributed by atoms with Crippen molar-refractivity contribution in [2.24, 2.45) is 7.05 Å². The number of hydrogen-bond acceptors (Lipinski definition) is 5. The third-order valence-corrected chi connectivity index (χ3v) is 5.62. The Hall–Kier alpha value is -3.94. The summed E-state index contributed by atoms with van der Waals surface area (Å²) in [6.45, 7) is 5.90. The lowest BCUT2D eigenvalue weighted by atomic mass is 10.1. The molecule has 4 aromatic rings. The Balaban J connectivity index is 1.82. The first-order valence-electron chi connectivity index (χ1n) is 9.93. The van der Waals surface area contributed by atoms with E-state index in [1.807, 2.05) is 63.0 Å². The molecule has 4 heterocycles. The number of nitrogens with one attached hydrogen (secondary N) is 1. The summed E-state index contributed by atoms with van der Waals surface area (Å²) in [5, 5.41) is 7.96. The van der Waals surface area contributed by atoms with Crippen molar-refractivity contribution in [2.45, 2.75) is 20.8 Å². The number of methoxy groups -OCH3 is 1. The van der Waals surface area contributed by atoms with Crippen LogP contribution in [0, 0.1) is 20.8 Å². The topological polar surface area (TPSA) is 86.9 Å². The minimum absolute atomic E-state index is 0.205. The highest BCUT2D eigenvalue weighted by Gasteiger charge is 2.26. The van der Waals surface area contributed by atoms with Crippen LogP contribution in [-0.4, -0.2) is 37.3 Å². The normalized spacial score (nSPS) is 13.2. The Morgan fingerprint density at radius 3 is 2.61 bits per heavy atom. The summed E-state index contributed by atoms with van der Waals surface area (Å²) in [5.74, 6) is 1.20. The van der Waals surface area contributed by atoms with E-state index < -0.39 is 0 Å². The van der Waals surface area contributed by atoms with E-state index in [1.54, 1.807) is 18.0 Å². The van der Waals surface area contributed by atoms with Crippen LogP contribution in [-0.2, 0) is 7.05 Å². The first-order valence-corrected chi connectivity index (χ1v) is 9.93. The zero-order valence-electron chi connectivity index (χ0n) is 18.0. The number of aryl methyl sites for hydroxylation is 3. The quantitative estimate of drug-likeness (QED) is 0.556. The van der Waals surface area contributed by atoms with Gasteiger partial charge in [-0.2, -0.15) is 5.10 Å². The summed E-state index contributed by atoms with van der Waals surface area (Å²) >= 11 is 0. The first-order chi connectivity index (χ1) is 14.9. The van der Waals surface area contributed by atoms with Crippen LogP contribution in [0.25, 0.3) is 28.5 Å². The van der Waals surface area contributed by atoms with Gasteiger partial charge in [0, 0.05) is 30.6 Å². The zero-order valence-corrected chi connectivity index (χ0v) is 18.0. The molecule has 0 saturated heterocycles. The first kappa shape index (κ1) is 19.0. The third-order valence-electron chi connectivity index (χ3n) is 5.62. The van der Waals surface area contributed by atoms with Crippen LogP contribution in [0.1, 0.15) is 38.6 Å². The number of carbonyl (C=O) groups excluding carboxylic acids is 1. The Labute approximate surface area is 179 Å². The number of benzene rings is 1. The van der Waals surface area contributed by atoms with E-state index in [0.29, 0.717) is 28.4 Å². The van der Waals surface area contributed by atoms with Gasteiger partial charge in [0.25, 0.3) is 5.91 Å². The minimum atomic E-state index is -0.205. The highest BCUT2D eigenvalue weighted by Crippen LogP contribution is 2.35. The zero-order chi connectivity index (χ0) is 21.9. The van der Waals surface area contributed by atoms with Crippen molar-refractivity contribution < 1.29 is 9.53 Å². The fourth-order valence-electron chi connectivity index (χ4n) is 4.20. The van der Waals surface area contributed by atoms with Gasteiger partial charge in [0.05, 0.1) is 41.3 Å². The molecule has 1 N–H and O–H groups in total. The van der Waals surface area contributed by atoms with Gasteiger partial charge < -0.3 is 10.1 Å². The number of nitrogens with zero attached hydrogens (tertiary/aromatic N) is 5. The summed E-state index contributed by atoms with van der Waals surface area (Å²) in [6, 6.07) is 3.96. The Kier molecular flexibility index (Phi) is 4.18. The van der Waals surface area contributed by atoms with E-state index in [9.17, 15) is 4.79 Å². The van der Waals surface area contributed by atoms with Crippen LogP contribution in [0.2, 0.25) is 0 Å². The molecule has 1 amide bonds. The van der Waals surface area contributed by atoms with Gasteiger partial charge >= 0.3 is 0 Å². The fourth-order valence-corrected chi connectivity index (χ4v) is 4.20. The van der Waals surface area contributed by atoms with Crippen molar-refractivity contribution >= 4 is 28.7 Å². The molecule has 5 rings (SSSR count). The lowest BCUT2D eigenvalue weighted by Crippen LogP contribution is -2.20. The van der Waals surface area contributed by atoms with E-state index in [4.69, 9.17) is 9.72 Å². The Morgan fingerprint density at radius 2 is 1.90 bits per heavy atom. The number of aromatic nitrogens is 5. The molecule has 0 saturated carbocycles. The molecule has 0 spiro atoms. The van der Waals surface area contributed by atoms with Gasteiger partial charge in [-0.05, 0) is 38.5 Å². The van der Waals surface area contributed by atoms with E-state index in [2.05, 4.69) is 15.4 Å². The smallest absolute Gasteiger partial charge is 0.258 e. The molecule has 31 heavy (non-hydrogen) atoms. The Bertz CT molecular complexity index is 1410. The molecule has 8 nitrogen and oxygen atoms in total. The standard InChI is InChI=1S/C23H22N6O2/c1-12-6-7-19(31-5)13(2)21(12)29-11-16-20-18(25-14(3)26-22(20)29)8-17(27-23(16)30)15-9-24-28(4)10-15/h6-11H,1-5H3,(H,27,30). The summed E-state index contributed by atoms with van der Waals surface area (Å²) in [4.78, 5) is 22.6. The van der Waals surface area contributed by atoms with Crippen LogP contribution in [0.3, 0.4) is 0 Å². The van der Waals surface area contributed by atoms with Gasteiger partial charge in [-0.15, -0.1) is 0 Å². The van der Waals surface area contributed by atoms with Crippen molar-refractivity contribution in [3.05, 3.63) is 64.5 Å². The highest BCUT2D eigenvalue weighted by molar-refractivity contribution is 6.15. The van der Waals surface area contributed by atoms with Gasteiger partial charge in [-0.3, -0.25) is 14.0 Å². The van der Waals surface area contributed by atoms with Crippen LogP contribution in [0.5, 0.6) is 5.75 Å². The number of carbonyl (C=O) groups is 1. The molecule has 0 radical (unpaired) electrons. The minimum Gasteiger partial charge on any atom is -0.496 e. The maximum absolute atomic E-state index is 13.2. The Morgan fingerprint density at radius 1 is 1.10 bits per heavy atom. The molecule has 0 aliphatic carbocycles. The summed E-state index contributed by atoms with van der Waals surface area (Å²) in [6.07, 6.45) is 7.30. The third kappa shape index (κ3) is 2.91. The lowest BCUT2D eigenvalue weighted by Gasteiger charge is -2.15. The fraction of sp³-hybridized carbons (Fsp3) is 0.217. The largest absolute Gasteiger partial charge is 0.496 e.